The predicted molar refractivity (Wildman–Crippen MR) is 52.4 cm³/mol. The average molecular weight is 199 g/mol. The Morgan fingerprint density at radius 2 is 2.14 bits per heavy atom. The molecule has 0 aromatic carbocycles. The van der Waals surface area contributed by atoms with Crippen LogP contribution in [0.5, 0.6) is 0 Å². The van der Waals surface area contributed by atoms with Crippen molar-refractivity contribution in [2.24, 2.45) is 5.73 Å². The highest BCUT2D eigenvalue weighted by Gasteiger charge is 2.22. The van der Waals surface area contributed by atoms with Gasteiger partial charge in [0.15, 0.2) is 0 Å². The molecule has 0 heterocycles. The van der Waals surface area contributed by atoms with Crippen molar-refractivity contribution in [2.75, 3.05) is 6.54 Å². The quantitative estimate of drug-likeness (QED) is 0.537. The topological polar surface area (TPSA) is 84.2 Å². The van der Waals surface area contributed by atoms with Gasteiger partial charge in [-0.3, -0.25) is 9.59 Å². The molecule has 14 heavy (non-hydrogen) atoms. The normalized spacial score (nSPS) is 17.3. The first-order valence-corrected chi connectivity index (χ1v) is 4.92. The standard InChI is InChI=1S/C9H17N3O2/c1-6(10)9(14)11-5-4-8(13)12-7-2-3-7/h6-7H,2-5,10H2,1H3,(H,11,14)(H,12,13). The van der Waals surface area contributed by atoms with Crippen LogP contribution in [0.3, 0.4) is 0 Å². The van der Waals surface area contributed by atoms with E-state index in [1.165, 1.54) is 0 Å². The highest BCUT2D eigenvalue weighted by molar-refractivity contribution is 5.82. The third-order valence-corrected chi connectivity index (χ3v) is 2.01. The SMILES string of the molecule is CC(N)C(=O)NCCC(=O)NC1CC1. The molecule has 1 aliphatic carbocycles. The molecule has 1 rings (SSSR count). The van der Waals surface area contributed by atoms with Crippen LogP contribution in [-0.4, -0.2) is 30.4 Å². The second-order valence-corrected chi connectivity index (χ2v) is 3.67. The largest absolute Gasteiger partial charge is 0.354 e. The molecule has 0 aliphatic heterocycles. The van der Waals surface area contributed by atoms with Gasteiger partial charge in [0, 0.05) is 19.0 Å². The number of nitrogens with two attached hydrogens (primary N) is 1. The van der Waals surface area contributed by atoms with E-state index >= 15 is 0 Å². The lowest BCUT2D eigenvalue weighted by atomic mass is 10.3. The van der Waals surface area contributed by atoms with E-state index in [1.807, 2.05) is 0 Å². The molecule has 2 amide bonds. The van der Waals surface area contributed by atoms with Gasteiger partial charge < -0.3 is 16.4 Å². The number of carbonyl (C=O) groups excluding carboxylic acids is 2. The summed E-state index contributed by atoms with van der Waals surface area (Å²) in [6.07, 6.45) is 2.49. The Bertz CT molecular complexity index is 224. The number of carbonyl (C=O) groups is 2. The minimum absolute atomic E-state index is 0.00234. The van der Waals surface area contributed by atoms with Crippen molar-refractivity contribution in [3.8, 4) is 0 Å². The number of nitrogens with one attached hydrogen (secondary N) is 2. The predicted octanol–water partition coefficient (Wildman–Crippen LogP) is -0.881. The zero-order valence-electron chi connectivity index (χ0n) is 8.38. The Morgan fingerprint density at radius 1 is 1.50 bits per heavy atom. The van der Waals surface area contributed by atoms with Crippen LogP contribution in [-0.2, 0) is 9.59 Å². The zero-order valence-corrected chi connectivity index (χ0v) is 8.38. The average Bonchev–Trinajstić information content (AvgIpc) is 2.87. The molecule has 5 heteroatoms. The van der Waals surface area contributed by atoms with Crippen molar-refractivity contribution >= 4 is 11.8 Å². The van der Waals surface area contributed by atoms with Gasteiger partial charge in [-0.15, -0.1) is 0 Å². The van der Waals surface area contributed by atoms with Gasteiger partial charge in [0.2, 0.25) is 11.8 Å². The lowest BCUT2D eigenvalue weighted by Gasteiger charge is -2.07. The van der Waals surface area contributed by atoms with Crippen molar-refractivity contribution in [3.05, 3.63) is 0 Å². The van der Waals surface area contributed by atoms with E-state index < -0.39 is 6.04 Å². The summed E-state index contributed by atoms with van der Waals surface area (Å²) in [6, 6.07) is -0.131. The lowest BCUT2D eigenvalue weighted by Crippen LogP contribution is -2.40. The van der Waals surface area contributed by atoms with Crippen LogP contribution in [0.15, 0.2) is 0 Å². The molecule has 0 radical (unpaired) electrons. The van der Waals surface area contributed by atoms with Crippen LogP contribution >= 0.6 is 0 Å². The molecule has 0 aromatic heterocycles. The van der Waals surface area contributed by atoms with Gasteiger partial charge in [-0.25, -0.2) is 0 Å². The van der Waals surface area contributed by atoms with Crippen LogP contribution in [0.25, 0.3) is 0 Å². The lowest BCUT2D eigenvalue weighted by molar-refractivity contribution is -0.122. The molecule has 0 aromatic rings. The van der Waals surface area contributed by atoms with Crippen LogP contribution in [0.2, 0.25) is 0 Å². The van der Waals surface area contributed by atoms with E-state index in [1.54, 1.807) is 6.92 Å². The monoisotopic (exact) mass is 199 g/mol. The Labute approximate surface area is 83.4 Å². The molecule has 1 unspecified atom stereocenters. The van der Waals surface area contributed by atoms with Gasteiger partial charge in [0.05, 0.1) is 6.04 Å². The Hall–Kier alpha value is -1.10. The fourth-order valence-corrected chi connectivity index (χ4v) is 0.988. The van der Waals surface area contributed by atoms with E-state index in [2.05, 4.69) is 10.6 Å². The van der Waals surface area contributed by atoms with Gasteiger partial charge in [0.1, 0.15) is 0 Å². The summed E-state index contributed by atoms with van der Waals surface area (Å²) in [4.78, 5) is 22.1. The van der Waals surface area contributed by atoms with Crippen molar-refractivity contribution in [2.45, 2.75) is 38.3 Å². The van der Waals surface area contributed by atoms with E-state index in [-0.39, 0.29) is 11.8 Å². The fourth-order valence-electron chi connectivity index (χ4n) is 0.988. The van der Waals surface area contributed by atoms with Crippen LogP contribution < -0.4 is 16.4 Å². The highest BCUT2D eigenvalue weighted by Crippen LogP contribution is 2.18. The van der Waals surface area contributed by atoms with Crippen LogP contribution in [0, 0.1) is 0 Å². The highest BCUT2D eigenvalue weighted by atomic mass is 16.2. The molecule has 5 nitrogen and oxygen atoms in total. The van der Waals surface area contributed by atoms with E-state index in [9.17, 15) is 9.59 Å². The number of rotatable bonds is 5. The molecule has 0 saturated heterocycles. The smallest absolute Gasteiger partial charge is 0.236 e. The van der Waals surface area contributed by atoms with Gasteiger partial charge in [-0.05, 0) is 19.8 Å². The minimum atomic E-state index is -0.513. The third-order valence-electron chi connectivity index (χ3n) is 2.01. The first kappa shape index (κ1) is 11.0. The molecule has 1 atom stereocenters. The molecular formula is C9H17N3O2. The summed E-state index contributed by atoms with van der Waals surface area (Å²) >= 11 is 0. The fraction of sp³-hybridized carbons (Fsp3) is 0.778. The maximum absolute atomic E-state index is 11.2. The van der Waals surface area contributed by atoms with Gasteiger partial charge in [0.25, 0.3) is 0 Å². The molecule has 80 valence electrons. The Kier molecular flexibility index (Phi) is 3.88. The first-order valence-electron chi connectivity index (χ1n) is 4.92. The van der Waals surface area contributed by atoms with Gasteiger partial charge >= 0.3 is 0 Å². The first-order chi connectivity index (χ1) is 6.59. The number of hydrogen-bond donors (Lipinski definition) is 3. The van der Waals surface area contributed by atoms with Gasteiger partial charge in [-0.2, -0.15) is 0 Å². The number of hydrogen-bond acceptors (Lipinski definition) is 3. The van der Waals surface area contributed by atoms with Crippen LogP contribution in [0.4, 0.5) is 0 Å². The summed E-state index contributed by atoms with van der Waals surface area (Å²) in [5, 5.41) is 5.42. The molecule has 0 spiro atoms. The summed E-state index contributed by atoms with van der Waals surface area (Å²) in [6.45, 7) is 1.97. The molecule has 4 N–H and O–H groups in total. The molecule has 1 aliphatic rings. The Balaban J connectivity index is 2.02. The molecule has 1 saturated carbocycles. The summed E-state index contributed by atoms with van der Waals surface area (Å²) in [7, 11) is 0. The van der Waals surface area contributed by atoms with Crippen molar-refractivity contribution in [1.29, 1.82) is 0 Å². The van der Waals surface area contributed by atoms with Crippen LogP contribution in [0.1, 0.15) is 26.2 Å². The van der Waals surface area contributed by atoms with E-state index in [4.69, 9.17) is 5.73 Å². The Morgan fingerprint density at radius 3 is 2.64 bits per heavy atom. The second-order valence-electron chi connectivity index (χ2n) is 3.67. The zero-order chi connectivity index (χ0) is 10.6. The molecular weight excluding hydrogens is 182 g/mol. The second kappa shape index (κ2) is 4.95. The van der Waals surface area contributed by atoms with Crippen molar-refractivity contribution in [1.82, 2.24) is 10.6 Å². The van der Waals surface area contributed by atoms with E-state index in [0.717, 1.165) is 12.8 Å². The summed E-state index contributed by atoms with van der Waals surface area (Å²) in [5.41, 5.74) is 5.33. The van der Waals surface area contributed by atoms with Crippen molar-refractivity contribution < 1.29 is 9.59 Å². The van der Waals surface area contributed by atoms with E-state index in [0.29, 0.717) is 19.0 Å². The summed E-state index contributed by atoms with van der Waals surface area (Å²) < 4.78 is 0. The minimum Gasteiger partial charge on any atom is -0.354 e. The third kappa shape index (κ3) is 4.23. The molecule has 0 bridgehead atoms. The maximum Gasteiger partial charge on any atom is 0.236 e. The summed E-state index contributed by atoms with van der Waals surface area (Å²) in [5.74, 6) is -0.221. The van der Waals surface area contributed by atoms with Crippen molar-refractivity contribution in [3.63, 3.8) is 0 Å². The van der Waals surface area contributed by atoms with Gasteiger partial charge in [-0.1, -0.05) is 0 Å². The number of amides is 2. The molecule has 1 fully saturated rings. The maximum atomic E-state index is 11.2.